The number of halogens is 1. The zero-order valence-corrected chi connectivity index (χ0v) is 21.7. The monoisotopic (exact) mass is 525 g/mol. The summed E-state index contributed by atoms with van der Waals surface area (Å²) < 4.78 is 2.26. The standard InChI is InChI=1S/C30H24ClN3O2S/c1-33-26(14-20-10-12-24(31)13-11-20)19-34(25-8-3-2-4-9-25)28-16-23(18-32)27(17-29(28)37-33)21-6-5-7-22(15-21)30(35)36/h2-13,15-17,26H,14,19H2,1H3,(H,35,36)/t26-/m0/s1. The topological polar surface area (TPSA) is 67.6 Å². The SMILES string of the molecule is CN1Sc2cc(-c3cccc(C(=O)O)c3)c(C#N)cc2N(c2ccccc2)C[C@@H]1Cc1ccc(Cl)cc1. The summed E-state index contributed by atoms with van der Waals surface area (Å²) in [6, 6.07) is 31.3. The van der Waals surface area contributed by atoms with Crippen LogP contribution in [0.15, 0.2) is 95.9 Å². The summed E-state index contributed by atoms with van der Waals surface area (Å²) in [6.07, 6.45) is 0.830. The van der Waals surface area contributed by atoms with Crippen molar-refractivity contribution >= 4 is 40.9 Å². The van der Waals surface area contributed by atoms with Gasteiger partial charge in [0.2, 0.25) is 0 Å². The Kier molecular flexibility index (Phi) is 7.20. The normalized spacial score (nSPS) is 15.5. The molecule has 4 aromatic carbocycles. The van der Waals surface area contributed by atoms with Gasteiger partial charge in [-0.25, -0.2) is 9.10 Å². The van der Waals surface area contributed by atoms with Crippen LogP contribution in [0.5, 0.6) is 0 Å². The third-order valence-corrected chi connectivity index (χ3v) is 7.90. The minimum absolute atomic E-state index is 0.170. The number of aromatic carboxylic acids is 1. The molecule has 7 heteroatoms. The molecule has 1 heterocycles. The molecule has 1 aliphatic heterocycles. The van der Waals surface area contributed by atoms with E-state index in [9.17, 15) is 15.2 Å². The van der Waals surface area contributed by atoms with Gasteiger partial charge in [-0.2, -0.15) is 5.26 Å². The van der Waals surface area contributed by atoms with E-state index >= 15 is 0 Å². The van der Waals surface area contributed by atoms with Crippen molar-refractivity contribution in [2.45, 2.75) is 17.4 Å². The molecule has 0 radical (unpaired) electrons. The van der Waals surface area contributed by atoms with Gasteiger partial charge in [0.05, 0.1) is 22.9 Å². The molecule has 4 aromatic rings. The van der Waals surface area contributed by atoms with E-state index in [4.69, 9.17) is 11.6 Å². The molecule has 5 rings (SSSR count). The van der Waals surface area contributed by atoms with Crippen LogP contribution in [-0.2, 0) is 6.42 Å². The van der Waals surface area contributed by atoms with Crippen molar-refractivity contribution in [2.75, 3.05) is 18.5 Å². The second kappa shape index (κ2) is 10.7. The van der Waals surface area contributed by atoms with Crippen molar-refractivity contribution in [3.8, 4) is 17.2 Å². The minimum atomic E-state index is -0.996. The first kappa shape index (κ1) is 24.9. The predicted molar refractivity (Wildman–Crippen MR) is 150 cm³/mol. The van der Waals surface area contributed by atoms with Crippen molar-refractivity contribution < 1.29 is 9.90 Å². The van der Waals surface area contributed by atoms with Crippen LogP contribution < -0.4 is 4.90 Å². The maximum Gasteiger partial charge on any atom is 0.335 e. The minimum Gasteiger partial charge on any atom is -0.478 e. The second-order valence-electron chi connectivity index (χ2n) is 8.93. The number of benzene rings is 4. The zero-order valence-electron chi connectivity index (χ0n) is 20.1. The second-order valence-corrected chi connectivity index (χ2v) is 10.6. The maximum atomic E-state index is 11.6. The Morgan fingerprint density at radius 3 is 2.51 bits per heavy atom. The molecule has 0 unspecified atom stereocenters. The first-order valence-electron chi connectivity index (χ1n) is 11.8. The van der Waals surface area contributed by atoms with Crippen LogP contribution in [0.25, 0.3) is 11.1 Å². The van der Waals surface area contributed by atoms with Gasteiger partial charge in [0.25, 0.3) is 0 Å². The Bertz CT molecular complexity index is 1490. The number of nitrogens with zero attached hydrogens (tertiary/aromatic N) is 3. The lowest BCUT2D eigenvalue weighted by atomic mass is 9.97. The number of nitriles is 1. The van der Waals surface area contributed by atoms with Crippen molar-refractivity contribution in [1.29, 1.82) is 5.26 Å². The summed E-state index contributed by atoms with van der Waals surface area (Å²) in [7, 11) is 2.09. The number of hydrogen-bond acceptors (Lipinski definition) is 5. The maximum absolute atomic E-state index is 11.6. The molecule has 0 amide bonds. The Morgan fingerprint density at radius 2 is 1.81 bits per heavy atom. The third kappa shape index (κ3) is 5.35. The Morgan fingerprint density at radius 1 is 1.05 bits per heavy atom. The van der Waals surface area contributed by atoms with Gasteiger partial charge in [-0.05, 0) is 85.1 Å². The van der Waals surface area contributed by atoms with Gasteiger partial charge in [-0.3, -0.25) is 0 Å². The third-order valence-electron chi connectivity index (χ3n) is 6.53. The van der Waals surface area contributed by atoms with Gasteiger partial charge in [-0.1, -0.05) is 54.1 Å². The fourth-order valence-electron chi connectivity index (χ4n) is 4.60. The number of likely N-dealkylation sites (N-methyl/N-ethyl adjacent to an activating group) is 1. The molecular formula is C30H24ClN3O2S. The fourth-order valence-corrected chi connectivity index (χ4v) is 5.76. The molecule has 0 spiro atoms. The Balaban J connectivity index is 1.61. The average Bonchev–Trinajstić information content (AvgIpc) is 3.05. The molecule has 5 nitrogen and oxygen atoms in total. The number of fused-ring (bicyclic) bond motifs is 1. The van der Waals surface area contributed by atoms with Crippen LogP contribution in [0.1, 0.15) is 21.5 Å². The van der Waals surface area contributed by atoms with E-state index in [1.807, 2.05) is 48.5 Å². The van der Waals surface area contributed by atoms with Gasteiger partial charge in [0.15, 0.2) is 0 Å². The Hall–Kier alpha value is -3.76. The molecular weight excluding hydrogens is 502 g/mol. The Labute approximate surface area is 225 Å². The largest absolute Gasteiger partial charge is 0.478 e. The zero-order chi connectivity index (χ0) is 25.9. The van der Waals surface area contributed by atoms with E-state index in [0.717, 1.165) is 34.8 Å². The number of anilines is 2. The lowest BCUT2D eigenvalue weighted by Crippen LogP contribution is -2.37. The van der Waals surface area contributed by atoms with Crippen molar-refractivity contribution in [2.24, 2.45) is 0 Å². The number of carboxylic acids is 1. The number of carboxylic acid groups (broad SMARTS) is 1. The van der Waals surface area contributed by atoms with Crippen LogP contribution in [0, 0.1) is 11.3 Å². The summed E-state index contributed by atoms with van der Waals surface area (Å²) in [6.45, 7) is 0.724. The first-order chi connectivity index (χ1) is 17.9. The van der Waals surface area contributed by atoms with E-state index in [1.54, 1.807) is 30.1 Å². The average molecular weight is 526 g/mol. The van der Waals surface area contributed by atoms with Gasteiger partial charge >= 0.3 is 5.97 Å². The summed E-state index contributed by atoms with van der Waals surface area (Å²) in [5.41, 5.74) is 5.31. The quantitative estimate of drug-likeness (QED) is 0.276. The van der Waals surface area contributed by atoms with Gasteiger partial charge < -0.3 is 10.0 Å². The van der Waals surface area contributed by atoms with Gasteiger partial charge in [0, 0.05) is 33.8 Å². The number of rotatable bonds is 5. The van der Waals surface area contributed by atoms with Crippen molar-refractivity contribution in [3.05, 3.63) is 113 Å². The fraction of sp³-hybridized carbons (Fsp3) is 0.133. The highest BCUT2D eigenvalue weighted by Crippen LogP contribution is 2.44. The van der Waals surface area contributed by atoms with Crippen LogP contribution in [-0.4, -0.2) is 35.0 Å². The molecule has 0 bridgehead atoms. The highest BCUT2D eigenvalue weighted by Gasteiger charge is 2.29. The van der Waals surface area contributed by atoms with E-state index in [-0.39, 0.29) is 11.6 Å². The molecule has 1 atom stereocenters. The van der Waals surface area contributed by atoms with Crippen LogP contribution in [0.4, 0.5) is 11.4 Å². The van der Waals surface area contributed by atoms with Gasteiger partial charge in [0.1, 0.15) is 0 Å². The highest BCUT2D eigenvalue weighted by molar-refractivity contribution is 7.97. The van der Waals surface area contributed by atoms with Crippen molar-refractivity contribution in [3.63, 3.8) is 0 Å². The van der Waals surface area contributed by atoms with E-state index in [0.29, 0.717) is 16.1 Å². The number of carbonyl (C=O) groups is 1. The smallest absolute Gasteiger partial charge is 0.335 e. The lowest BCUT2D eigenvalue weighted by molar-refractivity contribution is 0.0697. The van der Waals surface area contributed by atoms with Crippen molar-refractivity contribution in [1.82, 2.24) is 4.31 Å². The van der Waals surface area contributed by atoms with Crippen LogP contribution in [0.2, 0.25) is 5.02 Å². The lowest BCUT2D eigenvalue weighted by Gasteiger charge is -2.30. The van der Waals surface area contributed by atoms with E-state index in [1.165, 1.54) is 5.56 Å². The predicted octanol–water partition coefficient (Wildman–Crippen LogP) is 7.28. The summed E-state index contributed by atoms with van der Waals surface area (Å²) >= 11 is 7.75. The van der Waals surface area contributed by atoms with E-state index in [2.05, 4.69) is 46.6 Å². The molecule has 1 N–H and O–H groups in total. The van der Waals surface area contributed by atoms with Crippen LogP contribution >= 0.6 is 23.5 Å². The summed E-state index contributed by atoms with van der Waals surface area (Å²) in [4.78, 5) is 14.8. The molecule has 0 aromatic heterocycles. The highest BCUT2D eigenvalue weighted by atomic mass is 35.5. The summed E-state index contributed by atoms with van der Waals surface area (Å²) in [5.74, 6) is -0.996. The molecule has 0 saturated carbocycles. The van der Waals surface area contributed by atoms with E-state index < -0.39 is 5.97 Å². The first-order valence-corrected chi connectivity index (χ1v) is 13.0. The molecule has 1 aliphatic rings. The molecule has 0 aliphatic carbocycles. The van der Waals surface area contributed by atoms with Crippen LogP contribution in [0.3, 0.4) is 0 Å². The van der Waals surface area contributed by atoms with Gasteiger partial charge in [-0.15, -0.1) is 0 Å². The molecule has 0 saturated heterocycles. The number of para-hydroxylation sites is 1. The molecule has 0 fully saturated rings. The summed E-state index contributed by atoms with van der Waals surface area (Å²) in [5, 5.41) is 20.3. The molecule has 184 valence electrons. The number of hydrogen-bond donors (Lipinski definition) is 1. The molecule has 37 heavy (non-hydrogen) atoms.